The van der Waals surface area contributed by atoms with Gasteiger partial charge in [0.15, 0.2) is 0 Å². The summed E-state index contributed by atoms with van der Waals surface area (Å²) in [7, 11) is -3.28. The van der Waals surface area contributed by atoms with Gasteiger partial charge in [-0.3, -0.25) is 4.79 Å². The second-order valence-electron chi connectivity index (χ2n) is 5.91. The number of sulfonamides is 1. The number of rotatable bonds is 6. The van der Waals surface area contributed by atoms with Crippen LogP contribution in [0.1, 0.15) is 31.7 Å². The van der Waals surface area contributed by atoms with Gasteiger partial charge in [0.25, 0.3) is 0 Å². The van der Waals surface area contributed by atoms with Crippen LogP contribution in [0.4, 0.5) is 0 Å². The molecular weight excluding hydrogens is 348 g/mol. The standard InChI is InChI=1S/C17H23ClN2O3S/c1-14(13-15-5-7-16(18)8-6-15)17(21)19-9-12-24(22,23)20-10-3-2-4-11-20/h5-8,13H,2-4,9-12H2,1H3,(H,19,21)/b14-13+. The van der Waals surface area contributed by atoms with Crippen LogP contribution in [-0.4, -0.2) is 44.0 Å². The van der Waals surface area contributed by atoms with E-state index in [2.05, 4.69) is 5.32 Å². The summed E-state index contributed by atoms with van der Waals surface area (Å²) < 4.78 is 25.9. The number of piperidine rings is 1. The van der Waals surface area contributed by atoms with Crippen LogP contribution < -0.4 is 5.32 Å². The van der Waals surface area contributed by atoms with Crippen LogP contribution in [0.15, 0.2) is 29.8 Å². The van der Waals surface area contributed by atoms with E-state index < -0.39 is 10.0 Å². The van der Waals surface area contributed by atoms with Gasteiger partial charge in [-0.2, -0.15) is 0 Å². The van der Waals surface area contributed by atoms with Gasteiger partial charge in [0.1, 0.15) is 0 Å². The molecule has 1 saturated heterocycles. The maximum atomic E-state index is 12.2. The van der Waals surface area contributed by atoms with E-state index >= 15 is 0 Å². The molecule has 0 atom stereocenters. The van der Waals surface area contributed by atoms with Crippen LogP contribution in [-0.2, 0) is 14.8 Å². The number of amides is 1. The van der Waals surface area contributed by atoms with Gasteiger partial charge in [-0.05, 0) is 43.5 Å². The Hall–Kier alpha value is -1.37. The number of nitrogens with zero attached hydrogens (tertiary/aromatic N) is 1. The Kier molecular flexibility index (Phi) is 6.83. The average molecular weight is 371 g/mol. The van der Waals surface area contributed by atoms with Gasteiger partial charge in [-0.15, -0.1) is 0 Å². The maximum absolute atomic E-state index is 12.2. The van der Waals surface area contributed by atoms with E-state index in [0.29, 0.717) is 23.7 Å². The van der Waals surface area contributed by atoms with Crippen molar-refractivity contribution in [1.29, 1.82) is 0 Å². The number of carbonyl (C=O) groups excluding carboxylic acids is 1. The fraction of sp³-hybridized carbons (Fsp3) is 0.471. The van der Waals surface area contributed by atoms with Crippen molar-refractivity contribution in [3.8, 4) is 0 Å². The average Bonchev–Trinajstić information content (AvgIpc) is 2.57. The minimum Gasteiger partial charge on any atom is -0.351 e. The SMILES string of the molecule is C/C(=C\c1ccc(Cl)cc1)C(=O)NCCS(=O)(=O)N1CCCCC1. The van der Waals surface area contributed by atoms with Crippen LogP contribution in [0.2, 0.25) is 5.02 Å². The Morgan fingerprint density at radius 3 is 2.46 bits per heavy atom. The van der Waals surface area contributed by atoms with Crippen LogP contribution in [0, 0.1) is 0 Å². The first kappa shape index (κ1) is 19.0. The Morgan fingerprint density at radius 1 is 1.21 bits per heavy atom. The molecule has 1 aliphatic heterocycles. The molecule has 1 heterocycles. The van der Waals surface area contributed by atoms with Gasteiger partial charge in [0.2, 0.25) is 15.9 Å². The summed E-state index contributed by atoms with van der Waals surface area (Å²) in [4.78, 5) is 12.1. The molecule has 1 fully saturated rings. The molecule has 7 heteroatoms. The summed E-state index contributed by atoms with van der Waals surface area (Å²) in [6.07, 6.45) is 4.64. The van der Waals surface area contributed by atoms with Crippen molar-refractivity contribution in [2.45, 2.75) is 26.2 Å². The van der Waals surface area contributed by atoms with E-state index in [4.69, 9.17) is 11.6 Å². The third-order valence-electron chi connectivity index (χ3n) is 3.97. The molecule has 0 aromatic heterocycles. The van der Waals surface area contributed by atoms with Crippen LogP contribution in [0.5, 0.6) is 0 Å². The van der Waals surface area contributed by atoms with Crippen molar-refractivity contribution in [1.82, 2.24) is 9.62 Å². The lowest BCUT2D eigenvalue weighted by atomic mass is 10.1. The molecule has 0 saturated carbocycles. The Labute approximate surface area is 148 Å². The molecule has 0 radical (unpaired) electrons. The second-order valence-corrected chi connectivity index (χ2v) is 8.44. The van der Waals surface area contributed by atoms with E-state index in [-0.39, 0.29) is 18.2 Å². The lowest BCUT2D eigenvalue weighted by Gasteiger charge is -2.25. The van der Waals surface area contributed by atoms with E-state index in [1.807, 2.05) is 12.1 Å². The summed E-state index contributed by atoms with van der Waals surface area (Å²) in [5, 5.41) is 3.31. The number of carbonyl (C=O) groups is 1. The quantitative estimate of drug-likeness (QED) is 0.783. The number of halogens is 1. The fourth-order valence-electron chi connectivity index (χ4n) is 2.58. The fourth-order valence-corrected chi connectivity index (χ4v) is 4.14. The Bertz CT molecular complexity index is 693. The molecule has 0 bridgehead atoms. The van der Waals surface area contributed by atoms with Gasteiger partial charge in [0, 0.05) is 30.2 Å². The Balaban J connectivity index is 1.84. The first-order chi connectivity index (χ1) is 11.4. The number of benzene rings is 1. The first-order valence-corrected chi connectivity index (χ1v) is 10.1. The van der Waals surface area contributed by atoms with Crippen LogP contribution >= 0.6 is 11.6 Å². The monoisotopic (exact) mass is 370 g/mol. The van der Waals surface area contributed by atoms with Crippen molar-refractivity contribution < 1.29 is 13.2 Å². The molecule has 0 aliphatic carbocycles. The zero-order valence-corrected chi connectivity index (χ0v) is 15.4. The molecule has 1 amide bonds. The highest BCUT2D eigenvalue weighted by atomic mass is 35.5. The number of nitrogens with one attached hydrogen (secondary N) is 1. The summed E-state index contributed by atoms with van der Waals surface area (Å²) >= 11 is 5.83. The molecule has 1 aliphatic rings. The molecule has 132 valence electrons. The third kappa shape index (κ3) is 5.61. The van der Waals surface area contributed by atoms with Crippen molar-refractivity contribution >= 4 is 33.6 Å². The predicted molar refractivity (Wildman–Crippen MR) is 97.3 cm³/mol. The first-order valence-electron chi connectivity index (χ1n) is 8.08. The highest BCUT2D eigenvalue weighted by Crippen LogP contribution is 2.14. The molecule has 0 spiro atoms. The molecule has 1 aromatic rings. The topological polar surface area (TPSA) is 66.5 Å². The molecule has 1 N–H and O–H groups in total. The molecular formula is C17H23ClN2O3S. The zero-order chi connectivity index (χ0) is 17.6. The van der Waals surface area contributed by atoms with E-state index in [1.165, 1.54) is 4.31 Å². The zero-order valence-electron chi connectivity index (χ0n) is 13.8. The normalized spacial score (nSPS) is 16.8. The predicted octanol–water partition coefficient (Wildman–Crippen LogP) is 2.68. The Morgan fingerprint density at radius 2 is 1.83 bits per heavy atom. The van der Waals surface area contributed by atoms with Crippen molar-refractivity contribution in [2.24, 2.45) is 0 Å². The number of hydrogen-bond acceptors (Lipinski definition) is 3. The highest BCUT2D eigenvalue weighted by Gasteiger charge is 2.23. The minimum atomic E-state index is -3.28. The molecule has 24 heavy (non-hydrogen) atoms. The summed E-state index contributed by atoms with van der Waals surface area (Å²) in [5.74, 6) is -0.328. The van der Waals surface area contributed by atoms with E-state index in [0.717, 1.165) is 24.8 Å². The van der Waals surface area contributed by atoms with Gasteiger partial charge < -0.3 is 5.32 Å². The van der Waals surface area contributed by atoms with Gasteiger partial charge in [-0.25, -0.2) is 12.7 Å². The number of hydrogen-bond donors (Lipinski definition) is 1. The highest BCUT2D eigenvalue weighted by molar-refractivity contribution is 7.89. The third-order valence-corrected chi connectivity index (χ3v) is 6.09. The molecule has 0 unspecified atom stereocenters. The van der Waals surface area contributed by atoms with Gasteiger partial charge in [0.05, 0.1) is 5.75 Å². The smallest absolute Gasteiger partial charge is 0.246 e. The summed E-state index contributed by atoms with van der Waals surface area (Å²) in [6, 6.07) is 7.15. The molecule has 2 rings (SSSR count). The van der Waals surface area contributed by atoms with Crippen LogP contribution in [0.25, 0.3) is 6.08 Å². The molecule has 5 nitrogen and oxygen atoms in total. The van der Waals surface area contributed by atoms with E-state index in [9.17, 15) is 13.2 Å². The van der Waals surface area contributed by atoms with Gasteiger partial charge in [-0.1, -0.05) is 30.2 Å². The van der Waals surface area contributed by atoms with Crippen molar-refractivity contribution in [2.75, 3.05) is 25.4 Å². The molecule has 1 aromatic carbocycles. The largest absolute Gasteiger partial charge is 0.351 e. The summed E-state index contributed by atoms with van der Waals surface area (Å²) in [5.41, 5.74) is 1.39. The lowest BCUT2D eigenvalue weighted by molar-refractivity contribution is -0.117. The second kappa shape index (κ2) is 8.65. The van der Waals surface area contributed by atoms with Crippen molar-refractivity contribution in [3.63, 3.8) is 0 Å². The minimum absolute atomic E-state index is 0.0625. The van der Waals surface area contributed by atoms with Crippen molar-refractivity contribution in [3.05, 3.63) is 40.4 Å². The lowest BCUT2D eigenvalue weighted by Crippen LogP contribution is -2.40. The van der Waals surface area contributed by atoms with Gasteiger partial charge >= 0.3 is 0 Å². The van der Waals surface area contributed by atoms with Crippen LogP contribution in [0.3, 0.4) is 0 Å². The van der Waals surface area contributed by atoms with E-state index in [1.54, 1.807) is 25.1 Å². The summed E-state index contributed by atoms with van der Waals surface area (Å²) in [6.45, 7) is 2.99. The maximum Gasteiger partial charge on any atom is 0.246 e.